The third kappa shape index (κ3) is 6.42. The molecular weight excluding hydrogens is 298 g/mol. The highest BCUT2D eigenvalue weighted by atomic mass is 16.4. The maximum Gasteiger partial charge on any atom is 0.304 e. The molecule has 7 heteroatoms. The fraction of sp³-hybridized carbons (Fsp3) is 0.625. The molecule has 0 saturated heterocycles. The number of aliphatic carboxylic acids is 1. The van der Waals surface area contributed by atoms with Gasteiger partial charge in [-0.25, -0.2) is 0 Å². The summed E-state index contributed by atoms with van der Waals surface area (Å²) in [5.74, 6) is -1.11. The van der Waals surface area contributed by atoms with E-state index in [1.54, 1.807) is 0 Å². The number of carboxylic acid groups (broad SMARTS) is 1. The van der Waals surface area contributed by atoms with E-state index in [2.05, 4.69) is 18.7 Å². The van der Waals surface area contributed by atoms with Crippen molar-refractivity contribution in [1.82, 2.24) is 14.4 Å². The molecule has 0 amide bonds. The lowest BCUT2D eigenvalue weighted by molar-refractivity contribution is -0.137. The molecule has 1 rings (SSSR count). The minimum absolute atomic E-state index is 0.0538. The first-order chi connectivity index (χ1) is 10.9. The summed E-state index contributed by atoms with van der Waals surface area (Å²) in [6.07, 6.45) is 1.52. The zero-order chi connectivity index (χ0) is 17.4. The van der Waals surface area contributed by atoms with E-state index in [0.717, 1.165) is 25.3 Å². The van der Waals surface area contributed by atoms with E-state index in [0.29, 0.717) is 19.6 Å². The Morgan fingerprint density at radius 1 is 1.26 bits per heavy atom. The lowest BCUT2D eigenvalue weighted by Gasteiger charge is -2.23. The molecule has 0 saturated carbocycles. The molecule has 7 nitrogen and oxygen atoms in total. The molecule has 0 bridgehead atoms. The Hall–Kier alpha value is -1.86. The van der Waals surface area contributed by atoms with Crippen LogP contribution in [-0.2, 0) is 17.9 Å². The largest absolute Gasteiger partial charge is 0.503 e. The van der Waals surface area contributed by atoms with Crippen LogP contribution in [0.3, 0.4) is 0 Å². The number of carbonyl (C=O) groups is 1. The van der Waals surface area contributed by atoms with Gasteiger partial charge in [-0.1, -0.05) is 13.8 Å². The van der Waals surface area contributed by atoms with E-state index in [4.69, 9.17) is 5.11 Å². The number of likely N-dealkylation sites (N-methyl/N-ethyl adjacent to an activating group) is 1. The first-order valence-corrected chi connectivity index (χ1v) is 7.92. The lowest BCUT2D eigenvalue weighted by atomic mass is 10.2. The van der Waals surface area contributed by atoms with Gasteiger partial charge in [0.05, 0.1) is 12.6 Å². The van der Waals surface area contributed by atoms with Crippen LogP contribution in [0, 0.1) is 0 Å². The molecule has 0 aliphatic heterocycles. The highest BCUT2D eigenvalue weighted by molar-refractivity contribution is 5.66. The third-order valence-electron chi connectivity index (χ3n) is 3.89. The molecule has 0 atom stereocenters. The smallest absolute Gasteiger partial charge is 0.304 e. The molecule has 0 unspecified atom stereocenters. The maximum atomic E-state index is 11.7. The van der Waals surface area contributed by atoms with Crippen molar-refractivity contribution in [2.45, 2.75) is 33.4 Å². The number of rotatable bonds is 10. The van der Waals surface area contributed by atoms with Gasteiger partial charge in [-0.2, -0.15) is 0 Å². The Kier molecular flexibility index (Phi) is 7.77. The number of aromatic hydroxyl groups is 1. The fourth-order valence-corrected chi connectivity index (χ4v) is 2.38. The summed E-state index contributed by atoms with van der Waals surface area (Å²) >= 11 is 0. The van der Waals surface area contributed by atoms with Gasteiger partial charge >= 0.3 is 5.97 Å². The van der Waals surface area contributed by atoms with E-state index >= 15 is 0 Å². The van der Waals surface area contributed by atoms with Gasteiger partial charge in [-0.3, -0.25) is 9.59 Å². The number of pyridine rings is 1. The highest BCUT2D eigenvalue weighted by Gasteiger charge is 2.10. The van der Waals surface area contributed by atoms with Gasteiger partial charge in [0.25, 0.3) is 0 Å². The quantitative estimate of drug-likeness (QED) is 0.662. The van der Waals surface area contributed by atoms with Crippen molar-refractivity contribution in [2.75, 3.05) is 33.2 Å². The van der Waals surface area contributed by atoms with Gasteiger partial charge in [0.2, 0.25) is 5.43 Å². The van der Waals surface area contributed by atoms with Crippen molar-refractivity contribution in [3.63, 3.8) is 0 Å². The first-order valence-electron chi connectivity index (χ1n) is 7.92. The summed E-state index contributed by atoms with van der Waals surface area (Å²) in [7, 11) is 1.81. The number of nitrogens with zero attached hydrogens (tertiary/aromatic N) is 3. The number of aromatic nitrogens is 1. The summed E-state index contributed by atoms with van der Waals surface area (Å²) in [5.41, 5.74) is 0.360. The summed E-state index contributed by atoms with van der Waals surface area (Å²) in [4.78, 5) is 26.5. The van der Waals surface area contributed by atoms with E-state index in [1.807, 2.05) is 16.5 Å². The molecule has 0 aromatic carbocycles. The van der Waals surface area contributed by atoms with Gasteiger partial charge in [-0.15, -0.1) is 0 Å². The lowest BCUT2D eigenvalue weighted by Crippen LogP contribution is -2.29. The summed E-state index contributed by atoms with van der Waals surface area (Å²) in [6, 6.07) is 1.43. The van der Waals surface area contributed by atoms with Gasteiger partial charge in [-0.05, 0) is 20.1 Å². The topological polar surface area (TPSA) is 86.0 Å². The van der Waals surface area contributed by atoms with Crippen molar-refractivity contribution in [3.8, 4) is 5.75 Å². The third-order valence-corrected chi connectivity index (χ3v) is 3.89. The molecule has 0 aliphatic rings. The molecule has 1 aromatic heterocycles. The predicted octanol–water partition coefficient (Wildman–Crippen LogP) is 0.802. The minimum atomic E-state index is -0.846. The van der Waals surface area contributed by atoms with Crippen LogP contribution in [0.25, 0.3) is 0 Å². The van der Waals surface area contributed by atoms with Crippen molar-refractivity contribution in [3.05, 3.63) is 28.2 Å². The van der Waals surface area contributed by atoms with Crippen LogP contribution in [0.1, 0.15) is 26.0 Å². The van der Waals surface area contributed by atoms with Crippen LogP contribution >= 0.6 is 0 Å². The van der Waals surface area contributed by atoms with Gasteiger partial charge in [0, 0.05) is 37.9 Å². The van der Waals surface area contributed by atoms with Crippen molar-refractivity contribution < 1.29 is 15.0 Å². The van der Waals surface area contributed by atoms with E-state index in [-0.39, 0.29) is 12.2 Å². The van der Waals surface area contributed by atoms with Crippen LogP contribution in [-0.4, -0.2) is 63.8 Å². The van der Waals surface area contributed by atoms with Crippen molar-refractivity contribution in [2.24, 2.45) is 0 Å². The molecule has 23 heavy (non-hydrogen) atoms. The minimum Gasteiger partial charge on any atom is -0.503 e. The van der Waals surface area contributed by atoms with Crippen LogP contribution in [0.2, 0.25) is 0 Å². The molecule has 1 heterocycles. The molecule has 1 aromatic rings. The zero-order valence-corrected chi connectivity index (χ0v) is 14.2. The molecule has 2 N–H and O–H groups in total. The first kappa shape index (κ1) is 19.2. The Labute approximate surface area is 136 Å². The highest BCUT2D eigenvalue weighted by Crippen LogP contribution is 2.08. The molecule has 0 radical (unpaired) electrons. The summed E-state index contributed by atoms with van der Waals surface area (Å²) < 4.78 is 1.87. The Bertz CT molecular complexity index is 567. The maximum absolute atomic E-state index is 11.7. The standard InChI is InChI=1S/C16H27N3O4/c1-4-18(5-2)8-9-19-12-15(21)14(20)10-13(19)11-17(3)7-6-16(22)23/h10,12,21H,4-9,11H2,1-3H3,(H,22,23). The molecular formula is C16H27N3O4. The van der Waals surface area contributed by atoms with E-state index < -0.39 is 11.4 Å². The predicted molar refractivity (Wildman–Crippen MR) is 88.7 cm³/mol. The van der Waals surface area contributed by atoms with Gasteiger partial charge in [0.1, 0.15) is 0 Å². The van der Waals surface area contributed by atoms with Crippen LogP contribution in [0.4, 0.5) is 0 Å². The number of hydrogen-bond donors (Lipinski definition) is 2. The number of hydrogen-bond acceptors (Lipinski definition) is 5. The van der Waals surface area contributed by atoms with E-state index in [1.165, 1.54) is 12.3 Å². The second-order valence-corrected chi connectivity index (χ2v) is 5.62. The van der Waals surface area contributed by atoms with Crippen LogP contribution < -0.4 is 5.43 Å². The fourth-order valence-electron chi connectivity index (χ4n) is 2.38. The zero-order valence-electron chi connectivity index (χ0n) is 14.2. The molecule has 0 fully saturated rings. The normalized spacial score (nSPS) is 11.3. The summed E-state index contributed by atoms with van der Waals surface area (Å²) in [6.45, 7) is 8.41. The average Bonchev–Trinajstić information content (AvgIpc) is 2.50. The van der Waals surface area contributed by atoms with Crippen LogP contribution in [0.5, 0.6) is 5.75 Å². The monoisotopic (exact) mass is 325 g/mol. The Morgan fingerprint density at radius 3 is 2.48 bits per heavy atom. The van der Waals surface area contributed by atoms with Crippen molar-refractivity contribution in [1.29, 1.82) is 0 Å². The van der Waals surface area contributed by atoms with Crippen molar-refractivity contribution >= 4 is 5.97 Å². The average molecular weight is 325 g/mol. The molecule has 130 valence electrons. The van der Waals surface area contributed by atoms with Crippen LogP contribution in [0.15, 0.2) is 17.1 Å². The van der Waals surface area contributed by atoms with Gasteiger partial charge in [0.15, 0.2) is 5.75 Å². The second kappa shape index (κ2) is 9.32. The Morgan fingerprint density at radius 2 is 1.91 bits per heavy atom. The molecule has 0 spiro atoms. The SMILES string of the molecule is CCN(CC)CCn1cc(O)c(=O)cc1CN(C)CCC(=O)O. The number of carboxylic acids is 1. The second-order valence-electron chi connectivity index (χ2n) is 5.62. The summed E-state index contributed by atoms with van der Waals surface area (Å²) in [5, 5.41) is 18.4. The van der Waals surface area contributed by atoms with E-state index in [9.17, 15) is 14.7 Å². The Balaban J connectivity index is 2.85. The van der Waals surface area contributed by atoms with Gasteiger partial charge < -0.3 is 24.6 Å². The molecule has 0 aliphatic carbocycles.